The van der Waals surface area contributed by atoms with Crippen molar-refractivity contribution in [3.63, 3.8) is 0 Å². The number of rotatable bonds is 3. The van der Waals surface area contributed by atoms with Crippen LogP contribution in [0.2, 0.25) is 0 Å². The summed E-state index contributed by atoms with van der Waals surface area (Å²) in [6.45, 7) is 1.73. The van der Waals surface area contributed by atoms with Crippen molar-refractivity contribution >= 4 is 11.5 Å². The van der Waals surface area contributed by atoms with E-state index in [0.717, 1.165) is 11.3 Å². The van der Waals surface area contributed by atoms with Crippen LogP contribution in [0.1, 0.15) is 18.9 Å². The molecule has 1 aromatic carbocycles. The fourth-order valence-corrected chi connectivity index (χ4v) is 1.11. The number of nitrogens with two attached hydrogens (primary N) is 1. The molecule has 2 N–H and O–H groups in total. The van der Waals surface area contributed by atoms with Gasteiger partial charge in [0, 0.05) is 12.1 Å². The second-order valence-electron chi connectivity index (χ2n) is 3.06. The van der Waals surface area contributed by atoms with E-state index in [2.05, 4.69) is 11.8 Å². The Bertz CT molecular complexity index is 368. The van der Waals surface area contributed by atoms with Crippen molar-refractivity contribution in [3.8, 4) is 11.8 Å². The van der Waals surface area contributed by atoms with E-state index < -0.39 is 0 Å². The van der Waals surface area contributed by atoms with Gasteiger partial charge >= 0.3 is 0 Å². The number of hydrogen-bond acceptors (Lipinski definition) is 2. The molecular weight excluding hydrogens is 174 g/mol. The van der Waals surface area contributed by atoms with Crippen molar-refractivity contribution in [2.45, 2.75) is 19.8 Å². The van der Waals surface area contributed by atoms with Crippen LogP contribution in [0.3, 0.4) is 0 Å². The number of anilines is 1. The first-order valence-electron chi connectivity index (χ1n) is 4.48. The zero-order chi connectivity index (χ0) is 10.4. The van der Waals surface area contributed by atoms with Gasteiger partial charge in [0.25, 0.3) is 0 Å². The van der Waals surface area contributed by atoms with Gasteiger partial charge < -0.3 is 5.73 Å². The number of benzene rings is 1. The normalized spacial score (nSPS) is 8.93. The van der Waals surface area contributed by atoms with E-state index in [1.807, 2.05) is 12.1 Å². The van der Waals surface area contributed by atoms with E-state index in [-0.39, 0.29) is 5.78 Å². The Labute approximate surface area is 84.1 Å². The number of carbonyl (C=O) groups is 1. The first-order valence-corrected chi connectivity index (χ1v) is 4.48. The summed E-state index contributed by atoms with van der Waals surface area (Å²) in [4.78, 5) is 11.3. The first-order chi connectivity index (χ1) is 6.72. The average molecular weight is 187 g/mol. The van der Waals surface area contributed by atoms with Crippen LogP contribution in [0.15, 0.2) is 24.3 Å². The van der Waals surface area contributed by atoms with Crippen molar-refractivity contribution < 1.29 is 4.79 Å². The third-order valence-electron chi connectivity index (χ3n) is 1.84. The zero-order valence-electron chi connectivity index (χ0n) is 8.21. The highest BCUT2D eigenvalue weighted by atomic mass is 16.1. The van der Waals surface area contributed by atoms with Gasteiger partial charge in [0.2, 0.25) is 0 Å². The summed E-state index contributed by atoms with van der Waals surface area (Å²) in [5.41, 5.74) is 7.24. The van der Waals surface area contributed by atoms with Gasteiger partial charge in [-0.15, -0.1) is 5.92 Å². The Morgan fingerprint density at radius 2 is 2.00 bits per heavy atom. The summed E-state index contributed by atoms with van der Waals surface area (Å²) in [5, 5.41) is 0. The molecule has 0 aliphatic rings. The Hall–Kier alpha value is -1.75. The molecule has 1 rings (SSSR count). The van der Waals surface area contributed by atoms with Gasteiger partial charge in [0.05, 0.1) is 6.42 Å². The lowest BCUT2D eigenvalue weighted by Gasteiger charge is -1.98. The van der Waals surface area contributed by atoms with Gasteiger partial charge in [-0.05, 0) is 24.6 Å². The Balaban J connectivity index is 2.55. The molecule has 2 nitrogen and oxygen atoms in total. The minimum Gasteiger partial charge on any atom is -0.399 e. The molecule has 2 heteroatoms. The number of nitrogen functional groups attached to an aromatic ring is 1. The highest BCUT2D eigenvalue weighted by Crippen LogP contribution is 2.06. The summed E-state index contributed by atoms with van der Waals surface area (Å²) in [5.74, 6) is 5.60. The summed E-state index contributed by atoms with van der Waals surface area (Å²) in [7, 11) is 0. The molecule has 0 saturated carbocycles. The molecule has 0 fully saturated rings. The van der Waals surface area contributed by atoms with Crippen LogP contribution in [0.4, 0.5) is 5.69 Å². The number of Topliss-reactive ketones (excluding diaryl/α,β-unsaturated/α-hetero) is 1. The van der Waals surface area contributed by atoms with Crippen LogP contribution >= 0.6 is 0 Å². The van der Waals surface area contributed by atoms with Crippen LogP contribution < -0.4 is 5.73 Å². The predicted molar refractivity (Wildman–Crippen MR) is 57.6 cm³/mol. The monoisotopic (exact) mass is 187 g/mol. The van der Waals surface area contributed by atoms with Crippen molar-refractivity contribution in [1.29, 1.82) is 0 Å². The fourth-order valence-electron chi connectivity index (χ4n) is 1.11. The molecule has 14 heavy (non-hydrogen) atoms. The van der Waals surface area contributed by atoms with Crippen molar-refractivity contribution in [1.82, 2.24) is 0 Å². The highest BCUT2D eigenvalue weighted by molar-refractivity contribution is 5.83. The maximum atomic E-state index is 11.3. The fraction of sp³-hybridized carbons (Fsp3) is 0.250. The van der Waals surface area contributed by atoms with Crippen LogP contribution in [-0.2, 0) is 11.2 Å². The minimum absolute atomic E-state index is 0.143. The maximum absolute atomic E-state index is 11.3. The topological polar surface area (TPSA) is 43.1 Å². The first kappa shape index (κ1) is 10.3. The molecule has 0 bridgehead atoms. The second kappa shape index (κ2) is 5.08. The molecule has 0 spiro atoms. The van der Waals surface area contributed by atoms with E-state index in [4.69, 9.17) is 5.73 Å². The van der Waals surface area contributed by atoms with Gasteiger partial charge in [-0.2, -0.15) is 0 Å². The van der Waals surface area contributed by atoms with Gasteiger partial charge in [-0.25, -0.2) is 0 Å². The standard InChI is InChI=1S/C12H13NO/c1-2-3-4-12(14)9-10-5-7-11(13)8-6-10/h5-8H,4,9,13H2,1H3. The van der Waals surface area contributed by atoms with Crippen molar-refractivity contribution in [2.75, 3.05) is 5.73 Å². The van der Waals surface area contributed by atoms with E-state index in [1.165, 1.54) is 0 Å². The molecule has 0 atom stereocenters. The molecular formula is C12H13NO. The lowest BCUT2D eigenvalue weighted by atomic mass is 10.1. The Morgan fingerprint density at radius 1 is 1.36 bits per heavy atom. The SMILES string of the molecule is CC#CCC(=O)Cc1ccc(N)cc1. The Morgan fingerprint density at radius 3 is 2.57 bits per heavy atom. The van der Waals surface area contributed by atoms with Crippen LogP contribution in [0, 0.1) is 11.8 Å². The number of ketones is 1. The molecule has 0 amide bonds. The largest absolute Gasteiger partial charge is 0.399 e. The van der Waals surface area contributed by atoms with Gasteiger partial charge in [-0.3, -0.25) is 4.79 Å². The molecule has 0 aromatic heterocycles. The third-order valence-corrected chi connectivity index (χ3v) is 1.84. The minimum atomic E-state index is 0.143. The summed E-state index contributed by atoms with van der Waals surface area (Å²) in [6.07, 6.45) is 0.774. The van der Waals surface area contributed by atoms with Crippen LogP contribution in [-0.4, -0.2) is 5.78 Å². The van der Waals surface area contributed by atoms with Crippen LogP contribution in [0.5, 0.6) is 0 Å². The van der Waals surface area contributed by atoms with Crippen molar-refractivity contribution in [3.05, 3.63) is 29.8 Å². The molecule has 0 heterocycles. The molecule has 0 saturated heterocycles. The van der Waals surface area contributed by atoms with Gasteiger partial charge in [-0.1, -0.05) is 18.1 Å². The zero-order valence-corrected chi connectivity index (χ0v) is 8.21. The molecule has 0 aliphatic heterocycles. The molecule has 72 valence electrons. The second-order valence-corrected chi connectivity index (χ2v) is 3.06. The molecule has 0 unspecified atom stereocenters. The molecule has 0 radical (unpaired) electrons. The van der Waals surface area contributed by atoms with Gasteiger partial charge in [0.1, 0.15) is 5.78 Å². The highest BCUT2D eigenvalue weighted by Gasteiger charge is 2.00. The molecule has 1 aromatic rings. The lowest BCUT2D eigenvalue weighted by molar-refractivity contribution is -0.117. The smallest absolute Gasteiger partial charge is 0.149 e. The van der Waals surface area contributed by atoms with Gasteiger partial charge in [0.15, 0.2) is 0 Å². The number of hydrogen-bond donors (Lipinski definition) is 1. The Kier molecular flexibility index (Phi) is 3.75. The predicted octanol–water partition coefficient (Wildman–Crippen LogP) is 1.79. The van der Waals surface area contributed by atoms with E-state index in [0.29, 0.717) is 12.8 Å². The third kappa shape index (κ3) is 3.32. The summed E-state index contributed by atoms with van der Waals surface area (Å²) < 4.78 is 0. The summed E-state index contributed by atoms with van der Waals surface area (Å²) >= 11 is 0. The molecule has 0 aliphatic carbocycles. The average Bonchev–Trinajstić information content (AvgIpc) is 2.18. The summed E-state index contributed by atoms with van der Waals surface area (Å²) in [6, 6.07) is 7.33. The van der Waals surface area contributed by atoms with Crippen LogP contribution in [0.25, 0.3) is 0 Å². The van der Waals surface area contributed by atoms with E-state index in [1.54, 1.807) is 19.1 Å². The maximum Gasteiger partial charge on any atom is 0.149 e. The van der Waals surface area contributed by atoms with E-state index in [9.17, 15) is 4.79 Å². The number of carbonyl (C=O) groups excluding carboxylic acids is 1. The van der Waals surface area contributed by atoms with E-state index >= 15 is 0 Å². The quantitative estimate of drug-likeness (QED) is 0.579. The van der Waals surface area contributed by atoms with Crippen molar-refractivity contribution in [2.24, 2.45) is 0 Å². The lowest BCUT2D eigenvalue weighted by Crippen LogP contribution is -2.01.